The third kappa shape index (κ3) is 0.891. The summed E-state index contributed by atoms with van der Waals surface area (Å²) in [7, 11) is 0. The van der Waals surface area contributed by atoms with Crippen LogP contribution in [0.2, 0.25) is 0 Å². The second-order valence-electron chi connectivity index (χ2n) is 3.75. The van der Waals surface area contributed by atoms with Gasteiger partial charge in [-0.25, -0.2) is 0 Å². The van der Waals surface area contributed by atoms with Crippen LogP contribution in [0.3, 0.4) is 0 Å². The molecule has 1 aliphatic heterocycles. The molecule has 0 amide bonds. The van der Waals surface area contributed by atoms with Crippen molar-refractivity contribution in [2.45, 2.75) is 26.2 Å². The van der Waals surface area contributed by atoms with Crippen LogP contribution >= 0.6 is 0 Å². The van der Waals surface area contributed by atoms with E-state index in [4.69, 9.17) is 4.74 Å². The van der Waals surface area contributed by atoms with Crippen LogP contribution in [0.25, 0.3) is 0 Å². The number of ether oxygens (including phenoxy) is 1. The number of rotatable bonds is 0. The van der Waals surface area contributed by atoms with Crippen LogP contribution in [-0.2, 0) is 4.74 Å². The van der Waals surface area contributed by atoms with Crippen molar-refractivity contribution in [2.24, 2.45) is 5.41 Å². The first-order valence-corrected chi connectivity index (χ1v) is 4.04. The zero-order chi connectivity index (χ0) is 7.03. The van der Waals surface area contributed by atoms with Gasteiger partial charge in [-0.3, -0.25) is 0 Å². The van der Waals surface area contributed by atoms with Crippen molar-refractivity contribution in [3.05, 3.63) is 11.6 Å². The molecular formula is C9H14O. The second-order valence-corrected chi connectivity index (χ2v) is 3.75. The monoisotopic (exact) mass is 138 g/mol. The summed E-state index contributed by atoms with van der Waals surface area (Å²) < 4.78 is 5.22. The third-order valence-electron chi connectivity index (χ3n) is 2.75. The van der Waals surface area contributed by atoms with E-state index in [2.05, 4.69) is 13.0 Å². The largest absolute Gasteiger partial charge is 0.380 e. The SMILES string of the molecule is CC1=CCC2(CC1)COC2. The lowest BCUT2D eigenvalue weighted by Crippen LogP contribution is -2.43. The molecule has 10 heavy (non-hydrogen) atoms. The molecule has 0 aromatic carbocycles. The van der Waals surface area contributed by atoms with Crippen molar-refractivity contribution in [1.29, 1.82) is 0 Å². The van der Waals surface area contributed by atoms with E-state index in [1.807, 2.05) is 0 Å². The standard InChI is InChI=1S/C9H14O/c1-8-2-4-9(5-3-8)6-10-7-9/h2H,3-7H2,1H3. The highest BCUT2D eigenvalue weighted by Crippen LogP contribution is 2.41. The van der Waals surface area contributed by atoms with Crippen LogP contribution in [0.5, 0.6) is 0 Å². The molecule has 0 bridgehead atoms. The van der Waals surface area contributed by atoms with Gasteiger partial charge in [0.05, 0.1) is 13.2 Å². The minimum Gasteiger partial charge on any atom is -0.380 e. The predicted molar refractivity (Wildman–Crippen MR) is 40.9 cm³/mol. The first-order chi connectivity index (χ1) is 4.81. The van der Waals surface area contributed by atoms with Crippen molar-refractivity contribution >= 4 is 0 Å². The summed E-state index contributed by atoms with van der Waals surface area (Å²) in [6.45, 7) is 4.25. The number of hydrogen-bond donors (Lipinski definition) is 0. The van der Waals surface area contributed by atoms with Gasteiger partial charge < -0.3 is 4.74 Å². The molecule has 1 heterocycles. The summed E-state index contributed by atoms with van der Waals surface area (Å²) in [5, 5.41) is 0. The first kappa shape index (κ1) is 6.41. The Balaban J connectivity index is 2.04. The number of hydrogen-bond acceptors (Lipinski definition) is 1. The van der Waals surface area contributed by atoms with E-state index < -0.39 is 0 Å². The fraction of sp³-hybridized carbons (Fsp3) is 0.778. The van der Waals surface area contributed by atoms with Gasteiger partial charge in [-0.1, -0.05) is 11.6 Å². The molecule has 0 N–H and O–H groups in total. The Bertz CT molecular complexity index is 166. The molecule has 1 nitrogen and oxygen atoms in total. The Morgan fingerprint density at radius 2 is 2.30 bits per heavy atom. The zero-order valence-corrected chi connectivity index (χ0v) is 6.52. The average molecular weight is 138 g/mol. The smallest absolute Gasteiger partial charge is 0.0547 e. The summed E-state index contributed by atoms with van der Waals surface area (Å²) in [5.41, 5.74) is 2.15. The van der Waals surface area contributed by atoms with Crippen molar-refractivity contribution in [3.8, 4) is 0 Å². The highest BCUT2D eigenvalue weighted by atomic mass is 16.5. The molecule has 1 fully saturated rings. The third-order valence-corrected chi connectivity index (χ3v) is 2.75. The minimum atomic E-state index is 0.583. The topological polar surface area (TPSA) is 9.23 Å². The predicted octanol–water partition coefficient (Wildman–Crippen LogP) is 2.13. The highest BCUT2D eigenvalue weighted by molar-refractivity contribution is 5.08. The summed E-state index contributed by atoms with van der Waals surface area (Å²) >= 11 is 0. The van der Waals surface area contributed by atoms with Crippen LogP contribution in [0.4, 0.5) is 0 Å². The first-order valence-electron chi connectivity index (χ1n) is 4.04. The van der Waals surface area contributed by atoms with Crippen LogP contribution < -0.4 is 0 Å². The van der Waals surface area contributed by atoms with Gasteiger partial charge in [0.1, 0.15) is 0 Å². The normalized spacial score (nSPS) is 29.5. The van der Waals surface area contributed by atoms with E-state index in [-0.39, 0.29) is 0 Å². The van der Waals surface area contributed by atoms with E-state index >= 15 is 0 Å². The van der Waals surface area contributed by atoms with E-state index in [1.165, 1.54) is 19.3 Å². The molecule has 1 aliphatic carbocycles. The highest BCUT2D eigenvalue weighted by Gasteiger charge is 2.38. The fourth-order valence-corrected chi connectivity index (χ4v) is 1.71. The Morgan fingerprint density at radius 1 is 1.50 bits per heavy atom. The van der Waals surface area contributed by atoms with Crippen LogP contribution in [0, 0.1) is 5.41 Å². The van der Waals surface area contributed by atoms with Gasteiger partial charge in [0.25, 0.3) is 0 Å². The summed E-state index contributed by atoms with van der Waals surface area (Å²) in [6, 6.07) is 0. The Kier molecular flexibility index (Phi) is 1.34. The molecular weight excluding hydrogens is 124 g/mol. The van der Waals surface area contributed by atoms with Gasteiger partial charge in [0.15, 0.2) is 0 Å². The molecule has 0 saturated carbocycles. The van der Waals surface area contributed by atoms with Crippen molar-refractivity contribution in [1.82, 2.24) is 0 Å². The van der Waals surface area contributed by atoms with Gasteiger partial charge in [-0.2, -0.15) is 0 Å². The Labute approximate surface area is 62.1 Å². The molecule has 0 radical (unpaired) electrons. The summed E-state index contributed by atoms with van der Waals surface area (Å²) in [4.78, 5) is 0. The molecule has 1 spiro atoms. The van der Waals surface area contributed by atoms with Crippen molar-refractivity contribution in [3.63, 3.8) is 0 Å². The lowest BCUT2D eigenvalue weighted by atomic mass is 9.74. The molecule has 0 atom stereocenters. The maximum absolute atomic E-state index is 5.22. The lowest BCUT2D eigenvalue weighted by molar-refractivity contribution is -0.117. The second kappa shape index (κ2) is 2.09. The quantitative estimate of drug-likeness (QED) is 0.466. The van der Waals surface area contributed by atoms with Gasteiger partial charge in [-0.05, 0) is 26.2 Å². The van der Waals surface area contributed by atoms with Crippen molar-refractivity contribution < 1.29 is 4.74 Å². The van der Waals surface area contributed by atoms with Gasteiger partial charge in [0.2, 0.25) is 0 Å². The maximum Gasteiger partial charge on any atom is 0.0547 e. The summed E-state index contributed by atoms with van der Waals surface area (Å²) in [6.07, 6.45) is 6.30. The zero-order valence-electron chi connectivity index (χ0n) is 6.52. The Morgan fingerprint density at radius 3 is 2.70 bits per heavy atom. The van der Waals surface area contributed by atoms with E-state index in [0.29, 0.717) is 5.41 Å². The van der Waals surface area contributed by atoms with Crippen LogP contribution in [-0.4, -0.2) is 13.2 Å². The molecule has 56 valence electrons. The molecule has 1 heteroatoms. The molecule has 0 aromatic heterocycles. The van der Waals surface area contributed by atoms with E-state index in [9.17, 15) is 0 Å². The average Bonchev–Trinajstić information content (AvgIpc) is 1.86. The van der Waals surface area contributed by atoms with Crippen LogP contribution in [0.15, 0.2) is 11.6 Å². The molecule has 0 unspecified atom stereocenters. The molecule has 2 aliphatic rings. The van der Waals surface area contributed by atoms with Gasteiger partial charge in [-0.15, -0.1) is 0 Å². The maximum atomic E-state index is 5.22. The van der Waals surface area contributed by atoms with Gasteiger partial charge in [0, 0.05) is 5.41 Å². The Hall–Kier alpha value is -0.300. The summed E-state index contributed by atoms with van der Waals surface area (Å²) in [5.74, 6) is 0. The van der Waals surface area contributed by atoms with Gasteiger partial charge >= 0.3 is 0 Å². The molecule has 2 rings (SSSR count). The van der Waals surface area contributed by atoms with Crippen molar-refractivity contribution in [2.75, 3.05) is 13.2 Å². The molecule has 0 aromatic rings. The molecule has 1 saturated heterocycles. The minimum absolute atomic E-state index is 0.583. The lowest BCUT2D eigenvalue weighted by Gasteiger charge is -2.43. The van der Waals surface area contributed by atoms with E-state index in [1.54, 1.807) is 5.57 Å². The van der Waals surface area contributed by atoms with Crippen LogP contribution in [0.1, 0.15) is 26.2 Å². The van der Waals surface area contributed by atoms with E-state index in [0.717, 1.165) is 13.2 Å². The fourth-order valence-electron chi connectivity index (χ4n) is 1.71. The number of allylic oxidation sites excluding steroid dienone is 2.